The lowest BCUT2D eigenvalue weighted by Crippen LogP contribution is -2.31. The molecular weight excluding hydrogens is 128 g/mol. The van der Waals surface area contributed by atoms with Gasteiger partial charge in [-0.3, -0.25) is 4.79 Å². The summed E-state index contributed by atoms with van der Waals surface area (Å²) in [6, 6.07) is 1.49. The van der Waals surface area contributed by atoms with E-state index in [1.165, 1.54) is 6.07 Å². The van der Waals surface area contributed by atoms with E-state index >= 15 is 0 Å². The van der Waals surface area contributed by atoms with Crippen molar-refractivity contribution in [3.05, 3.63) is 0 Å². The minimum atomic E-state index is -0.560. The van der Waals surface area contributed by atoms with E-state index in [0.717, 1.165) is 0 Å². The summed E-state index contributed by atoms with van der Waals surface area (Å²) in [5.74, 6) is -0.560. The minimum absolute atomic E-state index is 0.0481. The fourth-order valence-electron chi connectivity index (χ4n) is 0.385. The number of nitrogens with zero attached hydrogens (tertiary/aromatic N) is 1. The Morgan fingerprint density at radius 3 is 2.40 bits per heavy atom. The normalized spacial score (nSPS) is 10.2. The van der Waals surface area contributed by atoms with Crippen molar-refractivity contribution in [2.24, 2.45) is 5.41 Å². The van der Waals surface area contributed by atoms with Gasteiger partial charge in [-0.2, -0.15) is 5.26 Å². The first-order chi connectivity index (χ1) is 4.45. The van der Waals surface area contributed by atoms with E-state index < -0.39 is 5.91 Å². The van der Waals surface area contributed by atoms with Gasteiger partial charge in [0, 0.05) is 6.54 Å². The van der Waals surface area contributed by atoms with Crippen LogP contribution in [0.2, 0.25) is 0 Å². The van der Waals surface area contributed by atoms with Crippen LogP contribution in [0.3, 0.4) is 0 Å². The third-order valence-corrected chi connectivity index (χ3v) is 0.881. The lowest BCUT2D eigenvalue weighted by atomic mass is 9.97. The number of amides is 1. The average molecular weight is 140 g/mol. The molecule has 0 saturated heterocycles. The van der Waals surface area contributed by atoms with Crippen LogP contribution in [0.1, 0.15) is 20.8 Å². The lowest BCUT2D eigenvalue weighted by Gasteiger charge is -2.16. The zero-order chi connectivity index (χ0) is 8.20. The van der Waals surface area contributed by atoms with Crippen molar-refractivity contribution in [3.63, 3.8) is 0 Å². The van der Waals surface area contributed by atoms with Gasteiger partial charge in [0.15, 0.2) is 6.07 Å². The van der Waals surface area contributed by atoms with Crippen LogP contribution in [0.5, 0.6) is 0 Å². The molecule has 56 valence electrons. The van der Waals surface area contributed by atoms with Crippen molar-refractivity contribution in [2.45, 2.75) is 20.8 Å². The summed E-state index contributed by atoms with van der Waals surface area (Å²) >= 11 is 0. The summed E-state index contributed by atoms with van der Waals surface area (Å²) in [6.07, 6.45) is 0. The summed E-state index contributed by atoms with van der Waals surface area (Å²) in [4.78, 5) is 10.4. The van der Waals surface area contributed by atoms with E-state index in [0.29, 0.717) is 6.54 Å². The van der Waals surface area contributed by atoms with E-state index in [2.05, 4.69) is 5.32 Å². The molecule has 1 amide bonds. The molecule has 0 heterocycles. The molecule has 0 aromatic carbocycles. The maximum Gasteiger partial charge on any atom is 0.322 e. The first-order valence-corrected chi connectivity index (χ1v) is 3.13. The number of carbonyl (C=O) groups is 1. The van der Waals surface area contributed by atoms with Crippen LogP contribution in [0.25, 0.3) is 0 Å². The maximum absolute atomic E-state index is 10.4. The number of hydrogen-bond donors (Lipinski definition) is 1. The van der Waals surface area contributed by atoms with Crippen molar-refractivity contribution in [1.82, 2.24) is 5.32 Å². The zero-order valence-corrected chi connectivity index (χ0v) is 6.56. The molecule has 0 spiro atoms. The molecule has 0 saturated carbocycles. The molecule has 0 fully saturated rings. The highest BCUT2D eigenvalue weighted by Crippen LogP contribution is 2.09. The fraction of sp³-hybridized carbons (Fsp3) is 0.714. The average Bonchev–Trinajstić information content (AvgIpc) is 1.81. The molecule has 0 aromatic heterocycles. The molecule has 1 N–H and O–H groups in total. The van der Waals surface area contributed by atoms with Gasteiger partial charge < -0.3 is 5.32 Å². The van der Waals surface area contributed by atoms with E-state index in [1.54, 1.807) is 0 Å². The number of rotatable bonds is 1. The first-order valence-electron chi connectivity index (χ1n) is 3.13. The Balaban J connectivity index is 3.58. The second kappa shape index (κ2) is 3.21. The third-order valence-electron chi connectivity index (χ3n) is 0.881. The van der Waals surface area contributed by atoms with Crippen LogP contribution in [-0.4, -0.2) is 12.5 Å². The Morgan fingerprint density at radius 1 is 1.60 bits per heavy atom. The van der Waals surface area contributed by atoms with Crippen molar-refractivity contribution < 1.29 is 4.79 Å². The van der Waals surface area contributed by atoms with Gasteiger partial charge >= 0.3 is 5.91 Å². The molecule has 10 heavy (non-hydrogen) atoms. The van der Waals surface area contributed by atoms with Gasteiger partial charge in [0.1, 0.15) is 0 Å². The van der Waals surface area contributed by atoms with Crippen molar-refractivity contribution in [3.8, 4) is 6.07 Å². The topological polar surface area (TPSA) is 52.9 Å². The Hall–Kier alpha value is -1.04. The van der Waals surface area contributed by atoms with Crippen molar-refractivity contribution >= 4 is 5.91 Å². The van der Waals surface area contributed by atoms with E-state index in [-0.39, 0.29) is 5.41 Å². The summed E-state index contributed by atoms with van der Waals surface area (Å²) < 4.78 is 0. The molecule has 0 radical (unpaired) electrons. The highest BCUT2D eigenvalue weighted by molar-refractivity contribution is 5.91. The Bertz CT molecular complexity index is 161. The summed E-state index contributed by atoms with van der Waals surface area (Å²) in [7, 11) is 0. The minimum Gasteiger partial charge on any atom is -0.343 e. The summed E-state index contributed by atoms with van der Waals surface area (Å²) in [6.45, 7) is 6.51. The highest BCUT2D eigenvalue weighted by atomic mass is 16.1. The lowest BCUT2D eigenvalue weighted by molar-refractivity contribution is -0.116. The van der Waals surface area contributed by atoms with Crippen LogP contribution in [0, 0.1) is 16.7 Å². The molecule has 3 heteroatoms. The third kappa shape index (κ3) is 5.10. The number of nitriles is 1. The predicted molar refractivity (Wildman–Crippen MR) is 38.1 cm³/mol. The number of nitrogens with one attached hydrogen (secondary N) is 1. The molecule has 0 aliphatic heterocycles. The van der Waals surface area contributed by atoms with Gasteiger partial charge in [0.25, 0.3) is 0 Å². The quantitative estimate of drug-likeness (QED) is 0.544. The molecule has 0 bridgehead atoms. The molecule has 3 nitrogen and oxygen atoms in total. The molecule has 0 aliphatic rings. The summed E-state index contributed by atoms with van der Waals surface area (Å²) in [5, 5.41) is 10.5. The molecule has 0 aliphatic carbocycles. The first kappa shape index (κ1) is 8.96. The molecule has 0 unspecified atom stereocenters. The van der Waals surface area contributed by atoms with Gasteiger partial charge in [-0.1, -0.05) is 20.8 Å². The Labute approximate surface area is 61.0 Å². The molecule has 0 aromatic rings. The van der Waals surface area contributed by atoms with Crippen LogP contribution in [0.4, 0.5) is 0 Å². The standard InChI is InChI=1S/C7H12N2O/c1-7(2,3)5-9-6(10)4-8/h5H2,1-3H3,(H,9,10). The van der Waals surface area contributed by atoms with E-state index in [1.807, 2.05) is 20.8 Å². The highest BCUT2D eigenvalue weighted by Gasteiger charge is 2.10. The van der Waals surface area contributed by atoms with Gasteiger partial charge in [-0.15, -0.1) is 0 Å². The van der Waals surface area contributed by atoms with Crippen LogP contribution < -0.4 is 5.32 Å². The van der Waals surface area contributed by atoms with Gasteiger partial charge in [0.05, 0.1) is 0 Å². The largest absolute Gasteiger partial charge is 0.343 e. The van der Waals surface area contributed by atoms with Gasteiger partial charge in [-0.25, -0.2) is 0 Å². The maximum atomic E-state index is 10.4. The van der Waals surface area contributed by atoms with Crippen LogP contribution in [-0.2, 0) is 4.79 Å². The van der Waals surface area contributed by atoms with E-state index in [9.17, 15) is 4.79 Å². The predicted octanol–water partition coefficient (Wildman–Crippen LogP) is 0.672. The fourth-order valence-corrected chi connectivity index (χ4v) is 0.385. The SMILES string of the molecule is CC(C)(C)CNC(=O)C#N. The van der Waals surface area contributed by atoms with Crippen molar-refractivity contribution in [1.29, 1.82) is 5.26 Å². The second-order valence-corrected chi connectivity index (χ2v) is 3.36. The van der Waals surface area contributed by atoms with Crippen molar-refractivity contribution in [2.75, 3.05) is 6.54 Å². The molecule has 0 rings (SSSR count). The van der Waals surface area contributed by atoms with E-state index in [4.69, 9.17) is 5.26 Å². The Kier molecular flexibility index (Phi) is 2.88. The number of carbonyl (C=O) groups excluding carboxylic acids is 1. The van der Waals surface area contributed by atoms with Gasteiger partial charge in [0.2, 0.25) is 0 Å². The number of hydrogen-bond acceptors (Lipinski definition) is 2. The zero-order valence-electron chi connectivity index (χ0n) is 6.56. The second-order valence-electron chi connectivity index (χ2n) is 3.36. The summed E-state index contributed by atoms with van der Waals surface area (Å²) in [5.41, 5.74) is 0.0481. The van der Waals surface area contributed by atoms with Gasteiger partial charge in [-0.05, 0) is 5.41 Å². The van der Waals surface area contributed by atoms with Crippen LogP contribution >= 0.6 is 0 Å². The monoisotopic (exact) mass is 140 g/mol. The van der Waals surface area contributed by atoms with Crippen LogP contribution in [0.15, 0.2) is 0 Å². The Morgan fingerprint density at radius 2 is 2.10 bits per heavy atom. The molecule has 0 atom stereocenters. The smallest absolute Gasteiger partial charge is 0.322 e. The molecular formula is C7H12N2O.